The maximum absolute atomic E-state index is 5.88. The lowest BCUT2D eigenvalue weighted by atomic mass is 10.1. The number of rotatable bonds is 4. The van der Waals surface area contributed by atoms with Crippen LogP contribution in [0, 0.1) is 6.92 Å². The van der Waals surface area contributed by atoms with Crippen LogP contribution >= 0.6 is 0 Å². The summed E-state index contributed by atoms with van der Waals surface area (Å²) in [5, 5.41) is 3.25. The molecule has 0 aliphatic heterocycles. The highest BCUT2D eigenvalue weighted by Gasteiger charge is 1.99. The van der Waals surface area contributed by atoms with E-state index in [-0.39, 0.29) is 0 Å². The van der Waals surface area contributed by atoms with E-state index in [1.807, 2.05) is 37.4 Å². The third-order valence-corrected chi connectivity index (χ3v) is 2.60. The van der Waals surface area contributed by atoms with Gasteiger partial charge in [-0.05, 0) is 30.5 Å². The first-order valence-corrected chi connectivity index (χ1v) is 5.75. The van der Waals surface area contributed by atoms with Crippen LogP contribution in [0.25, 0.3) is 0 Å². The van der Waals surface area contributed by atoms with Gasteiger partial charge in [-0.1, -0.05) is 30.3 Å². The van der Waals surface area contributed by atoms with Crippen LogP contribution in [0.2, 0.25) is 0 Å². The molecule has 17 heavy (non-hydrogen) atoms. The van der Waals surface area contributed by atoms with Gasteiger partial charge in [0, 0.05) is 12.7 Å². The number of benzene rings is 1. The van der Waals surface area contributed by atoms with Crippen LogP contribution in [-0.4, -0.2) is 11.5 Å². The van der Waals surface area contributed by atoms with Crippen LogP contribution in [0.5, 0.6) is 0 Å². The molecule has 0 saturated carbocycles. The van der Waals surface area contributed by atoms with Crippen LogP contribution in [0.1, 0.15) is 11.1 Å². The zero-order valence-electron chi connectivity index (χ0n) is 9.98. The van der Waals surface area contributed by atoms with Crippen molar-refractivity contribution in [2.24, 2.45) is 0 Å². The number of hydrogen-bond donors (Lipinski definition) is 2. The maximum atomic E-state index is 5.88. The normalized spacial score (nSPS) is 10.2. The topological polar surface area (TPSA) is 50.9 Å². The average Bonchev–Trinajstić information content (AvgIpc) is 2.33. The van der Waals surface area contributed by atoms with Crippen LogP contribution in [-0.2, 0) is 6.42 Å². The quantitative estimate of drug-likeness (QED) is 0.844. The SMILES string of the molecule is Cc1cnc(NCCc2ccccc2)c(N)c1. The summed E-state index contributed by atoms with van der Waals surface area (Å²) in [4.78, 5) is 4.27. The highest BCUT2D eigenvalue weighted by atomic mass is 15.0. The number of anilines is 2. The highest BCUT2D eigenvalue weighted by molar-refractivity contribution is 5.61. The fourth-order valence-electron chi connectivity index (χ4n) is 1.71. The van der Waals surface area contributed by atoms with E-state index in [0.717, 1.165) is 24.3 Å². The third-order valence-electron chi connectivity index (χ3n) is 2.60. The Kier molecular flexibility index (Phi) is 3.60. The van der Waals surface area contributed by atoms with Crippen molar-refractivity contribution in [2.45, 2.75) is 13.3 Å². The van der Waals surface area contributed by atoms with Crippen molar-refractivity contribution in [3.05, 3.63) is 53.7 Å². The fraction of sp³-hybridized carbons (Fsp3) is 0.214. The molecule has 0 radical (unpaired) electrons. The Bertz CT molecular complexity index is 480. The molecule has 3 heteroatoms. The molecule has 88 valence electrons. The molecule has 0 bridgehead atoms. The Morgan fingerprint density at radius 3 is 2.71 bits per heavy atom. The van der Waals surface area contributed by atoms with Gasteiger partial charge >= 0.3 is 0 Å². The predicted molar refractivity (Wildman–Crippen MR) is 72.0 cm³/mol. The lowest BCUT2D eigenvalue weighted by molar-refractivity contribution is 1.01. The van der Waals surface area contributed by atoms with Crippen molar-refractivity contribution in [3.63, 3.8) is 0 Å². The molecular formula is C14H17N3. The molecule has 0 saturated heterocycles. The summed E-state index contributed by atoms with van der Waals surface area (Å²) >= 11 is 0. The first-order chi connectivity index (χ1) is 8.25. The molecule has 2 aromatic rings. The van der Waals surface area contributed by atoms with E-state index < -0.39 is 0 Å². The van der Waals surface area contributed by atoms with Gasteiger partial charge < -0.3 is 11.1 Å². The first-order valence-electron chi connectivity index (χ1n) is 5.75. The summed E-state index contributed by atoms with van der Waals surface area (Å²) in [5.74, 6) is 0.770. The van der Waals surface area contributed by atoms with Gasteiger partial charge in [0.25, 0.3) is 0 Å². The van der Waals surface area contributed by atoms with E-state index >= 15 is 0 Å². The van der Waals surface area contributed by atoms with E-state index in [9.17, 15) is 0 Å². The highest BCUT2D eigenvalue weighted by Crippen LogP contribution is 2.15. The molecule has 1 aromatic heterocycles. The summed E-state index contributed by atoms with van der Waals surface area (Å²) < 4.78 is 0. The van der Waals surface area contributed by atoms with E-state index in [1.54, 1.807) is 0 Å². The Morgan fingerprint density at radius 1 is 1.24 bits per heavy atom. The standard InChI is InChI=1S/C14H17N3/c1-11-9-13(15)14(17-10-11)16-8-7-12-5-3-2-4-6-12/h2-6,9-10H,7-8,15H2,1H3,(H,16,17). The minimum Gasteiger partial charge on any atom is -0.396 e. The number of nitrogens with two attached hydrogens (primary N) is 1. The molecule has 3 nitrogen and oxygen atoms in total. The molecule has 0 aliphatic carbocycles. The van der Waals surface area contributed by atoms with E-state index in [2.05, 4.69) is 22.4 Å². The number of nitrogens with one attached hydrogen (secondary N) is 1. The van der Waals surface area contributed by atoms with Crippen molar-refractivity contribution in [1.29, 1.82) is 0 Å². The second-order valence-corrected chi connectivity index (χ2v) is 4.11. The van der Waals surface area contributed by atoms with E-state index in [4.69, 9.17) is 5.73 Å². The minimum absolute atomic E-state index is 0.707. The molecule has 0 unspecified atom stereocenters. The maximum Gasteiger partial charge on any atom is 0.149 e. The zero-order valence-corrected chi connectivity index (χ0v) is 9.98. The summed E-state index contributed by atoms with van der Waals surface area (Å²) in [6.07, 6.45) is 2.79. The molecule has 1 aromatic carbocycles. The second kappa shape index (κ2) is 5.34. The van der Waals surface area contributed by atoms with Gasteiger partial charge in [-0.15, -0.1) is 0 Å². The molecule has 1 heterocycles. The zero-order chi connectivity index (χ0) is 12.1. The number of aromatic nitrogens is 1. The Labute approximate surface area is 102 Å². The van der Waals surface area contributed by atoms with Crippen molar-refractivity contribution in [1.82, 2.24) is 4.98 Å². The summed E-state index contributed by atoms with van der Waals surface area (Å²) in [7, 11) is 0. The van der Waals surface area contributed by atoms with E-state index in [0.29, 0.717) is 5.69 Å². The van der Waals surface area contributed by atoms with E-state index in [1.165, 1.54) is 5.56 Å². The Hall–Kier alpha value is -2.03. The largest absolute Gasteiger partial charge is 0.396 e. The Morgan fingerprint density at radius 2 is 2.00 bits per heavy atom. The van der Waals surface area contributed by atoms with Crippen molar-refractivity contribution in [2.75, 3.05) is 17.6 Å². The van der Waals surface area contributed by atoms with Gasteiger partial charge in [0.05, 0.1) is 5.69 Å². The molecular weight excluding hydrogens is 210 g/mol. The van der Waals surface area contributed by atoms with Gasteiger partial charge in [-0.25, -0.2) is 4.98 Å². The summed E-state index contributed by atoms with van der Waals surface area (Å²) in [5.41, 5.74) is 8.97. The molecule has 0 fully saturated rings. The number of aryl methyl sites for hydroxylation is 1. The summed E-state index contributed by atoms with van der Waals surface area (Å²) in [6.45, 7) is 2.82. The van der Waals surface area contributed by atoms with Crippen LogP contribution in [0.3, 0.4) is 0 Å². The number of hydrogen-bond acceptors (Lipinski definition) is 3. The van der Waals surface area contributed by atoms with Gasteiger partial charge in [0.15, 0.2) is 0 Å². The molecule has 0 amide bonds. The molecule has 0 atom stereocenters. The van der Waals surface area contributed by atoms with Gasteiger partial charge in [0.1, 0.15) is 5.82 Å². The monoisotopic (exact) mass is 227 g/mol. The number of pyridine rings is 1. The second-order valence-electron chi connectivity index (χ2n) is 4.11. The lowest BCUT2D eigenvalue weighted by Gasteiger charge is -2.08. The number of nitrogens with zero attached hydrogens (tertiary/aromatic N) is 1. The van der Waals surface area contributed by atoms with Gasteiger partial charge in [-0.3, -0.25) is 0 Å². The first kappa shape index (κ1) is 11.5. The minimum atomic E-state index is 0.707. The molecule has 0 aliphatic rings. The van der Waals surface area contributed by atoms with Crippen molar-refractivity contribution < 1.29 is 0 Å². The average molecular weight is 227 g/mol. The van der Waals surface area contributed by atoms with Crippen molar-refractivity contribution in [3.8, 4) is 0 Å². The van der Waals surface area contributed by atoms with Gasteiger partial charge in [-0.2, -0.15) is 0 Å². The fourth-order valence-corrected chi connectivity index (χ4v) is 1.71. The smallest absolute Gasteiger partial charge is 0.149 e. The molecule has 2 rings (SSSR count). The van der Waals surface area contributed by atoms with Crippen molar-refractivity contribution >= 4 is 11.5 Å². The Balaban J connectivity index is 1.90. The summed E-state index contributed by atoms with van der Waals surface area (Å²) in [6, 6.07) is 12.3. The molecule has 3 N–H and O–H groups in total. The predicted octanol–water partition coefficient (Wildman–Crippen LogP) is 2.63. The third kappa shape index (κ3) is 3.21. The van der Waals surface area contributed by atoms with Gasteiger partial charge in [0.2, 0.25) is 0 Å². The molecule has 0 spiro atoms. The van der Waals surface area contributed by atoms with Crippen LogP contribution < -0.4 is 11.1 Å². The van der Waals surface area contributed by atoms with Crippen LogP contribution in [0.15, 0.2) is 42.6 Å². The lowest BCUT2D eigenvalue weighted by Crippen LogP contribution is -2.08. The van der Waals surface area contributed by atoms with Crippen LogP contribution in [0.4, 0.5) is 11.5 Å². The number of nitrogen functional groups attached to an aromatic ring is 1.